The van der Waals surface area contributed by atoms with E-state index in [1.165, 1.54) is 26.3 Å². The van der Waals surface area contributed by atoms with E-state index < -0.39 is 0 Å². The number of amides is 1. The molecule has 0 fully saturated rings. The standard InChI is InChI=1S/C17H28N2O2/c1-4-19(5-2)13-7-6-8-14-21-17-11-9-16(10-12-17)18-15(3)20/h9-12H,4-8,13-14H2,1-3H3,(H,18,20). The maximum atomic E-state index is 10.9. The lowest BCUT2D eigenvalue weighted by molar-refractivity contribution is -0.114. The lowest BCUT2D eigenvalue weighted by Crippen LogP contribution is -2.23. The maximum Gasteiger partial charge on any atom is 0.221 e. The molecular formula is C17H28N2O2. The van der Waals surface area contributed by atoms with Crippen molar-refractivity contribution in [1.29, 1.82) is 0 Å². The van der Waals surface area contributed by atoms with Crippen molar-refractivity contribution in [1.82, 2.24) is 4.90 Å². The molecule has 4 nitrogen and oxygen atoms in total. The summed E-state index contributed by atoms with van der Waals surface area (Å²) in [6.07, 6.45) is 3.50. The van der Waals surface area contributed by atoms with Gasteiger partial charge in [-0.2, -0.15) is 0 Å². The number of carbonyl (C=O) groups is 1. The highest BCUT2D eigenvalue weighted by atomic mass is 16.5. The maximum absolute atomic E-state index is 10.9. The fraction of sp³-hybridized carbons (Fsp3) is 0.588. The number of hydrogen-bond donors (Lipinski definition) is 1. The molecule has 1 aromatic carbocycles. The molecule has 0 radical (unpaired) electrons. The number of rotatable bonds is 10. The van der Waals surface area contributed by atoms with Gasteiger partial charge < -0.3 is 15.0 Å². The van der Waals surface area contributed by atoms with Crippen LogP contribution in [0.4, 0.5) is 5.69 Å². The fourth-order valence-electron chi connectivity index (χ4n) is 2.18. The van der Waals surface area contributed by atoms with Gasteiger partial charge in [0.2, 0.25) is 5.91 Å². The van der Waals surface area contributed by atoms with E-state index in [9.17, 15) is 4.79 Å². The van der Waals surface area contributed by atoms with Gasteiger partial charge in [0.1, 0.15) is 5.75 Å². The van der Waals surface area contributed by atoms with E-state index in [1.807, 2.05) is 24.3 Å². The molecule has 0 heterocycles. The summed E-state index contributed by atoms with van der Waals surface area (Å²) in [4.78, 5) is 13.4. The van der Waals surface area contributed by atoms with Crippen LogP contribution in [0.3, 0.4) is 0 Å². The van der Waals surface area contributed by atoms with Gasteiger partial charge in [-0.25, -0.2) is 0 Å². The molecule has 1 amide bonds. The molecule has 1 aromatic rings. The summed E-state index contributed by atoms with van der Waals surface area (Å²) in [6.45, 7) is 10.1. The van der Waals surface area contributed by atoms with Crippen molar-refractivity contribution in [3.05, 3.63) is 24.3 Å². The normalized spacial score (nSPS) is 10.7. The van der Waals surface area contributed by atoms with Crippen LogP contribution < -0.4 is 10.1 Å². The summed E-state index contributed by atoms with van der Waals surface area (Å²) in [5.41, 5.74) is 0.800. The molecule has 0 saturated carbocycles. The third-order valence-corrected chi connectivity index (χ3v) is 3.46. The van der Waals surface area contributed by atoms with Gasteiger partial charge in [-0.1, -0.05) is 13.8 Å². The van der Waals surface area contributed by atoms with E-state index in [2.05, 4.69) is 24.1 Å². The van der Waals surface area contributed by atoms with Crippen molar-refractivity contribution in [3.63, 3.8) is 0 Å². The van der Waals surface area contributed by atoms with Gasteiger partial charge in [-0.15, -0.1) is 0 Å². The van der Waals surface area contributed by atoms with Crippen LogP contribution in [0.15, 0.2) is 24.3 Å². The van der Waals surface area contributed by atoms with E-state index in [1.54, 1.807) is 0 Å². The SMILES string of the molecule is CCN(CC)CCCCCOc1ccc(NC(C)=O)cc1. The topological polar surface area (TPSA) is 41.6 Å². The van der Waals surface area contributed by atoms with Crippen molar-refractivity contribution in [2.75, 3.05) is 31.6 Å². The molecule has 0 atom stereocenters. The number of anilines is 1. The Morgan fingerprint density at radius 1 is 1.10 bits per heavy atom. The Kier molecular flexibility index (Phi) is 8.51. The van der Waals surface area contributed by atoms with Crippen molar-refractivity contribution in [2.24, 2.45) is 0 Å². The summed E-state index contributed by atoms with van der Waals surface area (Å²) in [7, 11) is 0. The average molecular weight is 292 g/mol. The minimum Gasteiger partial charge on any atom is -0.494 e. The highest BCUT2D eigenvalue weighted by Gasteiger charge is 1.99. The second-order valence-corrected chi connectivity index (χ2v) is 5.14. The summed E-state index contributed by atoms with van der Waals surface area (Å²) in [6, 6.07) is 7.50. The molecule has 1 rings (SSSR count). The monoisotopic (exact) mass is 292 g/mol. The highest BCUT2D eigenvalue weighted by molar-refractivity contribution is 5.88. The zero-order valence-corrected chi connectivity index (χ0v) is 13.5. The molecule has 0 bridgehead atoms. The average Bonchev–Trinajstić information content (AvgIpc) is 2.48. The van der Waals surface area contributed by atoms with Gasteiger partial charge in [-0.05, 0) is 63.2 Å². The molecule has 0 saturated heterocycles. The minimum absolute atomic E-state index is 0.0585. The first-order valence-electron chi connectivity index (χ1n) is 7.88. The van der Waals surface area contributed by atoms with E-state index in [0.717, 1.165) is 37.6 Å². The Morgan fingerprint density at radius 3 is 2.33 bits per heavy atom. The first-order chi connectivity index (χ1) is 10.2. The lowest BCUT2D eigenvalue weighted by atomic mass is 10.2. The van der Waals surface area contributed by atoms with Crippen LogP contribution >= 0.6 is 0 Å². The molecule has 1 N–H and O–H groups in total. The van der Waals surface area contributed by atoms with E-state index in [-0.39, 0.29) is 5.91 Å². The third-order valence-electron chi connectivity index (χ3n) is 3.46. The third kappa shape index (κ3) is 7.71. The molecular weight excluding hydrogens is 264 g/mol. The Hall–Kier alpha value is -1.55. The highest BCUT2D eigenvalue weighted by Crippen LogP contribution is 2.16. The number of benzene rings is 1. The number of unbranched alkanes of at least 4 members (excludes halogenated alkanes) is 2. The summed E-state index contributed by atoms with van der Waals surface area (Å²) < 4.78 is 5.70. The molecule has 0 aliphatic rings. The van der Waals surface area contributed by atoms with Crippen LogP contribution in [0.25, 0.3) is 0 Å². The fourth-order valence-corrected chi connectivity index (χ4v) is 2.18. The molecule has 0 aromatic heterocycles. The molecule has 21 heavy (non-hydrogen) atoms. The molecule has 4 heteroatoms. The zero-order valence-electron chi connectivity index (χ0n) is 13.5. The van der Waals surface area contributed by atoms with Crippen molar-refractivity contribution >= 4 is 11.6 Å². The van der Waals surface area contributed by atoms with Gasteiger partial charge in [0, 0.05) is 12.6 Å². The van der Waals surface area contributed by atoms with Crippen LogP contribution in [-0.2, 0) is 4.79 Å². The summed E-state index contributed by atoms with van der Waals surface area (Å²) in [5, 5.41) is 2.74. The first-order valence-corrected chi connectivity index (χ1v) is 7.88. The second-order valence-electron chi connectivity index (χ2n) is 5.14. The first kappa shape index (κ1) is 17.5. The largest absolute Gasteiger partial charge is 0.494 e. The van der Waals surface area contributed by atoms with Gasteiger partial charge in [0.05, 0.1) is 6.61 Å². The van der Waals surface area contributed by atoms with Gasteiger partial charge in [-0.3, -0.25) is 4.79 Å². The Labute approximate surface area is 128 Å². The van der Waals surface area contributed by atoms with Gasteiger partial charge >= 0.3 is 0 Å². The number of ether oxygens (including phenoxy) is 1. The molecule has 0 aliphatic carbocycles. The summed E-state index contributed by atoms with van der Waals surface area (Å²) in [5.74, 6) is 0.796. The van der Waals surface area contributed by atoms with E-state index in [4.69, 9.17) is 4.74 Å². The predicted molar refractivity (Wildman–Crippen MR) is 87.9 cm³/mol. The number of nitrogens with one attached hydrogen (secondary N) is 1. The van der Waals surface area contributed by atoms with Crippen molar-refractivity contribution < 1.29 is 9.53 Å². The zero-order chi connectivity index (χ0) is 15.5. The minimum atomic E-state index is -0.0585. The van der Waals surface area contributed by atoms with Crippen LogP contribution in [-0.4, -0.2) is 37.0 Å². The van der Waals surface area contributed by atoms with Crippen LogP contribution in [0.2, 0.25) is 0 Å². The Morgan fingerprint density at radius 2 is 1.76 bits per heavy atom. The second kappa shape index (κ2) is 10.2. The van der Waals surface area contributed by atoms with E-state index in [0.29, 0.717) is 0 Å². The quantitative estimate of drug-likeness (QED) is 0.671. The Bertz CT molecular complexity index is 400. The van der Waals surface area contributed by atoms with Crippen molar-refractivity contribution in [2.45, 2.75) is 40.0 Å². The Balaban J connectivity index is 2.14. The molecule has 0 aliphatic heterocycles. The number of hydrogen-bond acceptors (Lipinski definition) is 3. The number of nitrogens with zero attached hydrogens (tertiary/aromatic N) is 1. The molecule has 0 unspecified atom stereocenters. The van der Waals surface area contributed by atoms with Gasteiger partial charge in [0.25, 0.3) is 0 Å². The van der Waals surface area contributed by atoms with Gasteiger partial charge in [0.15, 0.2) is 0 Å². The summed E-state index contributed by atoms with van der Waals surface area (Å²) >= 11 is 0. The van der Waals surface area contributed by atoms with Crippen molar-refractivity contribution in [3.8, 4) is 5.75 Å². The van der Waals surface area contributed by atoms with Crippen LogP contribution in [0.5, 0.6) is 5.75 Å². The molecule has 118 valence electrons. The van der Waals surface area contributed by atoms with Crippen LogP contribution in [0, 0.1) is 0 Å². The smallest absolute Gasteiger partial charge is 0.221 e. The number of carbonyl (C=O) groups excluding carboxylic acids is 1. The van der Waals surface area contributed by atoms with Crippen LogP contribution in [0.1, 0.15) is 40.0 Å². The lowest BCUT2D eigenvalue weighted by Gasteiger charge is -2.17. The van der Waals surface area contributed by atoms with E-state index >= 15 is 0 Å². The predicted octanol–water partition coefficient (Wildman–Crippen LogP) is 3.54. The molecule has 0 spiro atoms.